The van der Waals surface area contributed by atoms with E-state index in [1.165, 1.54) is 0 Å². The third-order valence-electron chi connectivity index (χ3n) is 2.49. The van der Waals surface area contributed by atoms with Gasteiger partial charge in [-0.25, -0.2) is 8.78 Å². The predicted molar refractivity (Wildman–Crippen MR) is 40.0 cm³/mol. The van der Waals surface area contributed by atoms with Crippen molar-refractivity contribution >= 4 is 0 Å². The second-order valence-corrected chi connectivity index (χ2v) is 3.44. The summed E-state index contributed by atoms with van der Waals surface area (Å²) in [5, 5.41) is 17.7. The van der Waals surface area contributed by atoms with E-state index in [0.29, 0.717) is 12.8 Å². The SMILES string of the molecule is OCC(O)C1CCC(F)(F)CC1. The minimum absolute atomic E-state index is 0.144. The minimum Gasteiger partial charge on any atom is -0.394 e. The van der Waals surface area contributed by atoms with Crippen molar-refractivity contribution in [3.8, 4) is 0 Å². The van der Waals surface area contributed by atoms with E-state index in [1.54, 1.807) is 0 Å². The Morgan fingerprint density at radius 1 is 1.33 bits per heavy atom. The first-order valence-corrected chi connectivity index (χ1v) is 4.22. The smallest absolute Gasteiger partial charge is 0.248 e. The van der Waals surface area contributed by atoms with Crippen LogP contribution in [0.5, 0.6) is 0 Å². The molecule has 1 fully saturated rings. The molecule has 1 rings (SSSR count). The highest BCUT2D eigenvalue weighted by molar-refractivity contribution is 4.80. The molecule has 72 valence electrons. The third kappa shape index (κ3) is 2.38. The van der Waals surface area contributed by atoms with Crippen LogP contribution in [0.1, 0.15) is 25.7 Å². The van der Waals surface area contributed by atoms with Crippen molar-refractivity contribution in [3.05, 3.63) is 0 Å². The summed E-state index contributed by atoms with van der Waals surface area (Å²) in [6.07, 6.45) is -0.506. The van der Waals surface area contributed by atoms with Crippen LogP contribution < -0.4 is 0 Å². The van der Waals surface area contributed by atoms with Gasteiger partial charge in [0.2, 0.25) is 5.92 Å². The van der Waals surface area contributed by atoms with Gasteiger partial charge in [0.15, 0.2) is 0 Å². The van der Waals surface area contributed by atoms with E-state index < -0.39 is 12.0 Å². The first kappa shape index (κ1) is 9.86. The summed E-state index contributed by atoms with van der Waals surface area (Å²) in [5.74, 6) is -2.69. The van der Waals surface area contributed by atoms with Gasteiger partial charge in [0.1, 0.15) is 0 Å². The molecule has 0 aliphatic heterocycles. The fourth-order valence-electron chi connectivity index (χ4n) is 1.60. The van der Waals surface area contributed by atoms with E-state index in [0.717, 1.165) is 0 Å². The van der Waals surface area contributed by atoms with E-state index in [1.807, 2.05) is 0 Å². The molecular formula is C8H14F2O2. The van der Waals surface area contributed by atoms with Crippen LogP contribution in [0.2, 0.25) is 0 Å². The standard InChI is InChI=1S/C8H14F2O2/c9-8(10)3-1-6(2-4-8)7(12)5-11/h6-7,11-12H,1-5H2. The van der Waals surface area contributed by atoms with Crippen LogP contribution in [-0.2, 0) is 0 Å². The summed E-state index contributed by atoms with van der Waals surface area (Å²) in [6.45, 7) is -0.323. The zero-order valence-corrected chi connectivity index (χ0v) is 6.84. The molecule has 0 spiro atoms. The Balaban J connectivity index is 2.36. The molecule has 12 heavy (non-hydrogen) atoms. The van der Waals surface area contributed by atoms with Gasteiger partial charge in [-0.3, -0.25) is 0 Å². The van der Waals surface area contributed by atoms with Gasteiger partial charge in [-0.2, -0.15) is 0 Å². The Hall–Kier alpha value is -0.220. The quantitative estimate of drug-likeness (QED) is 0.669. The van der Waals surface area contributed by atoms with Gasteiger partial charge in [-0.1, -0.05) is 0 Å². The monoisotopic (exact) mass is 180 g/mol. The number of alkyl halides is 2. The zero-order chi connectivity index (χ0) is 9.19. The summed E-state index contributed by atoms with van der Waals surface area (Å²) in [4.78, 5) is 0. The molecule has 0 aromatic carbocycles. The molecule has 1 saturated carbocycles. The minimum atomic E-state index is -2.55. The molecule has 1 aliphatic rings. The van der Waals surface area contributed by atoms with Crippen LogP contribution >= 0.6 is 0 Å². The molecule has 0 amide bonds. The van der Waals surface area contributed by atoms with E-state index in [4.69, 9.17) is 10.2 Å². The summed E-state index contributed by atoms with van der Waals surface area (Å²) in [7, 11) is 0. The molecule has 4 heteroatoms. The molecule has 0 bridgehead atoms. The van der Waals surface area contributed by atoms with Crippen LogP contribution in [0, 0.1) is 5.92 Å². The van der Waals surface area contributed by atoms with Gasteiger partial charge in [0, 0.05) is 12.8 Å². The fourth-order valence-corrected chi connectivity index (χ4v) is 1.60. The lowest BCUT2D eigenvalue weighted by Gasteiger charge is -2.30. The molecule has 2 nitrogen and oxygen atoms in total. The topological polar surface area (TPSA) is 40.5 Å². The molecule has 0 radical (unpaired) electrons. The van der Waals surface area contributed by atoms with Gasteiger partial charge in [0.25, 0.3) is 0 Å². The molecule has 1 atom stereocenters. The first-order valence-electron chi connectivity index (χ1n) is 4.22. The average molecular weight is 180 g/mol. The lowest BCUT2D eigenvalue weighted by molar-refractivity contribution is -0.0685. The van der Waals surface area contributed by atoms with E-state index in [9.17, 15) is 8.78 Å². The summed E-state index contributed by atoms with van der Waals surface area (Å²) in [6, 6.07) is 0. The number of aliphatic hydroxyl groups excluding tert-OH is 2. The maximum absolute atomic E-state index is 12.6. The average Bonchev–Trinajstić information content (AvgIpc) is 2.03. The van der Waals surface area contributed by atoms with Crippen molar-refractivity contribution in [2.75, 3.05) is 6.61 Å². The Morgan fingerprint density at radius 3 is 2.25 bits per heavy atom. The molecular weight excluding hydrogens is 166 g/mol. The maximum Gasteiger partial charge on any atom is 0.248 e. The highest BCUT2D eigenvalue weighted by Gasteiger charge is 2.36. The van der Waals surface area contributed by atoms with Crippen LogP contribution in [0.4, 0.5) is 8.78 Å². The van der Waals surface area contributed by atoms with Gasteiger partial charge in [0.05, 0.1) is 12.7 Å². The van der Waals surface area contributed by atoms with E-state index in [-0.39, 0.29) is 25.4 Å². The van der Waals surface area contributed by atoms with Crippen molar-refractivity contribution in [1.82, 2.24) is 0 Å². The number of hydrogen-bond acceptors (Lipinski definition) is 2. The van der Waals surface area contributed by atoms with Crippen molar-refractivity contribution in [2.45, 2.75) is 37.7 Å². The number of hydrogen-bond donors (Lipinski definition) is 2. The molecule has 0 aromatic heterocycles. The molecule has 1 unspecified atom stereocenters. The van der Waals surface area contributed by atoms with Crippen LogP contribution in [0.25, 0.3) is 0 Å². The van der Waals surface area contributed by atoms with Gasteiger partial charge < -0.3 is 10.2 Å². The third-order valence-corrected chi connectivity index (χ3v) is 2.49. The molecule has 0 aromatic rings. The second-order valence-electron chi connectivity index (χ2n) is 3.44. The maximum atomic E-state index is 12.6. The van der Waals surface area contributed by atoms with E-state index in [2.05, 4.69) is 0 Å². The fraction of sp³-hybridized carbons (Fsp3) is 1.00. The number of rotatable bonds is 2. The predicted octanol–water partition coefficient (Wildman–Crippen LogP) is 1.17. The largest absolute Gasteiger partial charge is 0.394 e. The molecule has 0 saturated heterocycles. The van der Waals surface area contributed by atoms with Crippen molar-refractivity contribution in [2.24, 2.45) is 5.92 Å². The Labute approximate surface area is 70.2 Å². The van der Waals surface area contributed by atoms with Crippen molar-refractivity contribution in [1.29, 1.82) is 0 Å². The first-order chi connectivity index (χ1) is 5.55. The molecule has 1 aliphatic carbocycles. The van der Waals surface area contributed by atoms with Crippen molar-refractivity contribution < 1.29 is 19.0 Å². The summed E-state index contributed by atoms with van der Waals surface area (Å²) >= 11 is 0. The lowest BCUT2D eigenvalue weighted by atomic mass is 9.83. The zero-order valence-electron chi connectivity index (χ0n) is 6.84. The summed E-state index contributed by atoms with van der Waals surface area (Å²) in [5.41, 5.74) is 0. The highest BCUT2D eigenvalue weighted by atomic mass is 19.3. The van der Waals surface area contributed by atoms with Crippen LogP contribution in [-0.4, -0.2) is 28.8 Å². The van der Waals surface area contributed by atoms with Crippen LogP contribution in [0.3, 0.4) is 0 Å². The number of halogens is 2. The van der Waals surface area contributed by atoms with Crippen LogP contribution in [0.15, 0.2) is 0 Å². The normalized spacial score (nSPS) is 27.0. The number of aliphatic hydroxyl groups is 2. The Bertz CT molecular complexity index is 140. The van der Waals surface area contributed by atoms with Gasteiger partial charge in [-0.15, -0.1) is 0 Å². The Kier molecular flexibility index (Phi) is 3.01. The second kappa shape index (κ2) is 3.66. The van der Waals surface area contributed by atoms with Gasteiger partial charge >= 0.3 is 0 Å². The van der Waals surface area contributed by atoms with Crippen molar-refractivity contribution in [3.63, 3.8) is 0 Å². The highest BCUT2D eigenvalue weighted by Crippen LogP contribution is 2.37. The molecule has 0 heterocycles. The Morgan fingerprint density at radius 2 is 1.83 bits per heavy atom. The molecule has 2 N–H and O–H groups in total. The lowest BCUT2D eigenvalue weighted by Crippen LogP contribution is -2.32. The van der Waals surface area contributed by atoms with Gasteiger partial charge in [-0.05, 0) is 18.8 Å². The summed E-state index contributed by atoms with van der Waals surface area (Å²) < 4.78 is 25.2. The van der Waals surface area contributed by atoms with E-state index >= 15 is 0 Å².